The molecule has 1 unspecified atom stereocenters. The van der Waals surface area contributed by atoms with E-state index in [0.717, 1.165) is 6.07 Å². The molecule has 2 rings (SSSR count). The molecule has 25 heavy (non-hydrogen) atoms. The summed E-state index contributed by atoms with van der Waals surface area (Å²) in [6.45, 7) is 1.21. The van der Waals surface area contributed by atoms with Gasteiger partial charge in [-0.3, -0.25) is 4.79 Å². The van der Waals surface area contributed by atoms with Crippen molar-refractivity contribution in [2.75, 3.05) is 0 Å². The molecule has 0 aromatic carbocycles. The van der Waals surface area contributed by atoms with Crippen LogP contribution in [0.3, 0.4) is 0 Å². The lowest BCUT2D eigenvalue weighted by molar-refractivity contribution is -0.0510. The maximum Gasteiger partial charge on any atom is 0.511 e. The monoisotopic (exact) mass is 401 g/mol. The van der Waals surface area contributed by atoms with Crippen molar-refractivity contribution in [3.8, 4) is 5.88 Å². The number of ether oxygens (including phenoxy) is 1. The molecule has 7 nitrogen and oxygen atoms in total. The van der Waals surface area contributed by atoms with E-state index in [1.54, 1.807) is 0 Å². The first-order valence-corrected chi connectivity index (χ1v) is 8.99. The first-order valence-electron chi connectivity index (χ1n) is 7.11. The van der Waals surface area contributed by atoms with Crippen LogP contribution in [0.4, 0.5) is 13.2 Å². The van der Waals surface area contributed by atoms with Crippen LogP contribution in [-0.4, -0.2) is 46.8 Å². The molecule has 0 radical (unpaired) electrons. The largest absolute Gasteiger partial charge is 0.511 e. The SMILES string of the molecule is C[C@@H](C(Cl)Oc1cc(C(N)=O)ccn1)N(C1CC1)S(=O)(=O)C(F)(F)F. The predicted octanol–water partition coefficient (Wildman–Crippen LogP) is 1.83. The van der Waals surface area contributed by atoms with Gasteiger partial charge in [0, 0.05) is 23.9 Å². The number of alkyl halides is 4. The smallest absolute Gasteiger partial charge is 0.456 e. The highest BCUT2D eigenvalue weighted by atomic mass is 35.5. The lowest BCUT2D eigenvalue weighted by Crippen LogP contribution is -2.51. The number of sulfonamides is 1. The zero-order valence-electron chi connectivity index (χ0n) is 12.9. The fraction of sp³-hybridized carbons (Fsp3) is 0.538. The van der Waals surface area contributed by atoms with Crippen LogP contribution in [-0.2, 0) is 10.0 Å². The molecule has 0 aliphatic heterocycles. The highest BCUT2D eigenvalue weighted by Crippen LogP contribution is 2.39. The highest BCUT2D eigenvalue weighted by molar-refractivity contribution is 7.90. The van der Waals surface area contributed by atoms with E-state index in [4.69, 9.17) is 22.1 Å². The van der Waals surface area contributed by atoms with Crippen molar-refractivity contribution < 1.29 is 31.1 Å². The number of carbonyl (C=O) groups is 1. The number of pyridine rings is 1. The molecule has 2 atom stereocenters. The van der Waals surface area contributed by atoms with Gasteiger partial charge in [0.25, 0.3) is 0 Å². The highest BCUT2D eigenvalue weighted by Gasteiger charge is 2.56. The van der Waals surface area contributed by atoms with E-state index < -0.39 is 39.1 Å². The molecule has 0 spiro atoms. The molecule has 0 saturated heterocycles. The van der Waals surface area contributed by atoms with Gasteiger partial charge in [0.15, 0.2) is 5.56 Å². The average molecular weight is 402 g/mol. The number of primary amides is 1. The number of hydrogen-bond acceptors (Lipinski definition) is 5. The molecular weight excluding hydrogens is 387 g/mol. The Morgan fingerprint density at radius 2 is 2.08 bits per heavy atom. The Bertz CT molecular complexity index is 755. The van der Waals surface area contributed by atoms with E-state index in [1.165, 1.54) is 19.2 Å². The number of nitrogens with two attached hydrogens (primary N) is 1. The molecule has 1 aromatic heterocycles. The van der Waals surface area contributed by atoms with Gasteiger partial charge in [0.2, 0.25) is 11.8 Å². The first-order chi connectivity index (χ1) is 11.4. The lowest BCUT2D eigenvalue weighted by atomic mass is 10.2. The molecule has 2 N–H and O–H groups in total. The van der Waals surface area contributed by atoms with Crippen LogP contribution in [0.15, 0.2) is 18.3 Å². The summed E-state index contributed by atoms with van der Waals surface area (Å²) in [5.41, 5.74) is -1.74. The van der Waals surface area contributed by atoms with E-state index in [9.17, 15) is 26.4 Å². The number of nitrogens with zero attached hydrogens (tertiary/aromatic N) is 2. The molecule has 12 heteroatoms. The normalized spacial score (nSPS) is 18.0. The summed E-state index contributed by atoms with van der Waals surface area (Å²) < 4.78 is 67.8. The molecule has 1 saturated carbocycles. The zero-order chi connectivity index (χ0) is 19.0. The second kappa shape index (κ2) is 6.96. The maximum atomic E-state index is 12.9. The summed E-state index contributed by atoms with van der Waals surface area (Å²) >= 11 is 5.97. The van der Waals surface area contributed by atoms with Gasteiger partial charge in [0.1, 0.15) is 0 Å². The van der Waals surface area contributed by atoms with Crippen molar-refractivity contribution in [2.24, 2.45) is 5.73 Å². The third-order valence-electron chi connectivity index (χ3n) is 3.51. The fourth-order valence-corrected chi connectivity index (χ4v) is 3.82. The molecule has 1 aromatic rings. The van der Waals surface area contributed by atoms with Crippen LogP contribution in [0.5, 0.6) is 5.88 Å². The summed E-state index contributed by atoms with van der Waals surface area (Å²) in [6, 6.07) is 0.368. The van der Waals surface area contributed by atoms with Crippen molar-refractivity contribution in [1.82, 2.24) is 9.29 Å². The van der Waals surface area contributed by atoms with Crippen molar-refractivity contribution in [2.45, 2.75) is 42.9 Å². The van der Waals surface area contributed by atoms with E-state index >= 15 is 0 Å². The minimum atomic E-state index is -5.56. The lowest BCUT2D eigenvalue weighted by Gasteiger charge is -2.31. The van der Waals surface area contributed by atoms with E-state index in [-0.39, 0.29) is 11.4 Å². The van der Waals surface area contributed by atoms with Crippen molar-refractivity contribution in [3.05, 3.63) is 23.9 Å². The molecule has 1 aliphatic rings. The standard InChI is InChI=1S/C13H15ClF3N3O4S/c1-7(20(9-2-3-9)25(22,23)13(15,16)17)11(14)24-10-6-8(12(18)21)4-5-19-10/h4-7,9,11H,2-3H2,1H3,(H2,18,21)/t7-,11?/m0/s1. The second-order valence-corrected chi connectivity index (χ2v) is 7.73. The van der Waals surface area contributed by atoms with Crippen LogP contribution < -0.4 is 10.5 Å². The van der Waals surface area contributed by atoms with Crippen molar-refractivity contribution >= 4 is 27.5 Å². The van der Waals surface area contributed by atoms with Gasteiger partial charge in [-0.15, -0.1) is 0 Å². The van der Waals surface area contributed by atoms with Crippen LogP contribution in [0, 0.1) is 0 Å². The summed E-state index contributed by atoms with van der Waals surface area (Å²) in [6.07, 6.45) is 1.81. The Hall–Kier alpha value is -1.59. The maximum absolute atomic E-state index is 12.9. The third kappa shape index (κ3) is 4.33. The van der Waals surface area contributed by atoms with E-state index in [0.29, 0.717) is 17.1 Å². The van der Waals surface area contributed by atoms with Crippen LogP contribution in [0.1, 0.15) is 30.1 Å². The van der Waals surface area contributed by atoms with Crippen LogP contribution in [0.25, 0.3) is 0 Å². The van der Waals surface area contributed by atoms with Crippen LogP contribution in [0.2, 0.25) is 0 Å². The van der Waals surface area contributed by atoms with Gasteiger partial charge in [-0.05, 0) is 25.8 Å². The van der Waals surface area contributed by atoms with Gasteiger partial charge in [-0.25, -0.2) is 13.4 Å². The number of halogens is 4. The minimum Gasteiger partial charge on any atom is -0.456 e. The molecule has 0 bridgehead atoms. The van der Waals surface area contributed by atoms with Gasteiger partial charge >= 0.3 is 15.5 Å². The Morgan fingerprint density at radius 3 is 2.56 bits per heavy atom. The molecule has 1 heterocycles. The van der Waals surface area contributed by atoms with Gasteiger partial charge in [0.05, 0.1) is 6.04 Å². The third-order valence-corrected chi connectivity index (χ3v) is 5.73. The van der Waals surface area contributed by atoms with E-state index in [1.807, 2.05) is 0 Å². The Labute approximate surface area is 147 Å². The summed E-state index contributed by atoms with van der Waals surface area (Å²) in [4.78, 5) is 14.9. The molecular formula is C13H15ClF3N3O4S. The average Bonchev–Trinajstić information content (AvgIpc) is 3.30. The number of rotatable bonds is 7. The second-order valence-electron chi connectivity index (χ2n) is 5.47. The molecule has 140 valence electrons. The summed E-state index contributed by atoms with van der Waals surface area (Å²) in [5, 5.41) is 0. The molecule has 1 aliphatic carbocycles. The summed E-state index contributed by atoms with van der Waals surface area (Å²) in [5.74, 6) is -0.922. The number of aromatic nitrogens is 1. The predicted molar refractivity (Wildman–Crippen MR) is 82.3 cm³/mol. The summed E-state index contributed by atoms with van der Waals surface area (Å²) in [7, 11) is -5.56. The van der Waals surface area contributed by atoms with Crippen molar-refractivity contribution in [1.29, 1.82) is 0 Å². The number of amides is 1. The first kappa shape index (κ1) is 19.7. The topological polar surface area (TPSA) is 103 Å². The Balaban J connectivity index is 2.21. The minimum absolute atomic E-state index is 0.0588. The zero-order valence-corrected chi connectivity index (χ0v) is 14.5. The van der Waals surface area contributed by atoms with Crippen LogP contribution >= 0.6 is 11.6 Å². The molecule has 1 amide bonds. The van der Waals surface area contributed by atoms with E-state index in [2.05, 4.69) is 4.98 Å². The van der Waals surface area contributed by atoms with Gasteiger partial charge in [-0.1, -0.05) is 11.6 Å². The fourth-order valence-electron chi connectivity index (χ4n) is 2.15. The number of carbonyl (C=O) groups excluding carboxylic acids is 1. The quantitative estimate of drug-likeness (QED) is 0.702. The van der Waals surface area contributed by atoms with Crippen molar-refractivity contribution in [3.63, 3.8) is 0 Å². The van der Waals surface area contributed by atoms with Gasteiger partial charge in [-0.2, -0.15) is 17.5 Å². The number of hydrogen-bond donors (Lipinski definition) is 1. The Morgan fingerprint density at radius 1 is 1.48 bits per heavy atom. The van der Waals surface area contributed by atoms with Gasteiger partial charge < -0.3 is 10.5 Å². The Kier molecular flexibility index (Phi) is 5.50. The molecule has 1 fully saturated rings.